The van der Waals surface area contributed by atoms with Crippen LogP contribution in [0, 0.1) is 18.3 Å². The third-order valence-electron chi connectivity index (χ3n) is 3.59. The van der Waals surface area contributed by atoms with Crippen LogP contribution in [0.25, 0.3) is 0 Å². The number of rotatable bonds is 5. The predicted molar refractivity (Wildman–Crippen MR) is 83.2 cm³/mol. The van der Waals surface area contributed by atoms with Crippen molar-refractivity contribution < 1.29 is 19.4 Å². The number of carboxylic acid groups (broad SMARTS) is 1. The Morgan fingerprint density at radius 3 is 2.95 bits per heavy atom. The average molecular weight is 302 g/mol. The van der Waals surface area contributed by atoms with Crippen molar-refractivity contribution in [3.63, 3.8) is 0 Å². The minimum Gasteiger partial charge on any atom is -0.481 e. The van der Waals surface area contributed by atoms with Crippen molar-refractivity contribution in [1.29, 1.82) is 0 Å². The van der Waals surface area contributed by atoms with Gasteiger partial charge < -0.3 is 19.6 Å². The highest BCUT2D eigenvalue weighted by Crippen LogP contribution is 2.35. The molecule has 1 N–H and O–H groups in total. The van der Waals surface area contributed by atoms with E-state index in [1.807, 2.05) is 6.07 Å². The summed E-state index contributed by atoms with van der Waals surface area (Å²) in [6.45, 7) is 2.22. The van der Waals surface area contributed by atoms with E-state index < -0.39 is 11.9 Å². The fourth-order valence-electron chi connectivity index (χ4n) is 2.24. The summed E-state index contributed by atoms with van der Waals surface area (Å²) in [5.41, 5.74) is 1.46. The van der Waals surface area contributed by atoms with Crippen molar-refractivity contribution >= 4 is 23.3 Å². The van der Waals surface area contributed by atoms with Crippen LogP contribution in [-0.2, 0) is 9.59 Å². The number of fused-ring (bicyclic) bond motifs is 1. The molecule has 1 aliphatic rings. The SMILES string of the molecule is C#CCN(CC(C)C(=O)O)c1ccc2c(c1)OCC(=O)N2C. The number of terminal acetylenes is 1. The second kappa shape index (κ2) is 6.39. The Morgan fingerprint density at radius 2 is 2.32 bits per heavy atom. The Morgan fingerprint density at radius 1 is 1.59 bits per heavy atom. The molecule has 0 spiro atoms. The molecule has 1 unspecified atom stereocenters. The van der Waals surface area contributed by atoms with Crippen LogP contribution in [0.15, 0.2) is 18.2 Å². The third-order valence-corrected chi connectivity index (χ3v) is 3.59. The molecule has 1 heterocycles. The van der Waals surface area contributed by atoms with E-state index in [1.54, 1.807) is 31.0 Å². The molecule has 0 saturated carbocycles. The molecule has 0 fully saturated rings. The van der Waals surface area contributed by atoms with Gasteiger partial charge in [-0.2, -0.15) is 0 Å². The minimum atomic E-state index is -0.874. The molecule has 116 valence electrons. The van der Waals surface area contributed by atoms with Gasteiger partial charge in [0, 0.05) is 25.3 Å². The number of hydrogen-bond acceptors (Lipinski definition) is 4. The van der Waals surface area contributed by atoms with Gasteiger partial charge in [0.1, 0.15) is 5.75 Å². The number of carbonyl (C=O) groups excluding carboxylic acids is 1. The Hall–Kier alpha value is -2.68. The second-order valence-electron chi connectivity index (χ2n) is 5.22. The fraction of sp³-hybridized carbons (Fsp3) is 0.375. The summed E-state index contributed by atoms with van der Waals surface area (Å²) >= 11 is 0. The lowest BCUT2D eigenvalue weighted by molar-refractivity contribution is -0.140. The highest BCUT2D eigenvalue weighted by Gasteiger charge is 2.24. The molecule has 1 aliphatic heterocycles. The summed E-state index contributed by atoms with van der Waals surface area (Å²) in [7, 11) is 1.69. The van der Waals surface area contributed by atoms with E-state index in [-0.39, 0.29) is 12.5 Å². The van der Waals surface area contributed by atoms with E-state index in [4.69, 9.17) is 16.3 Å². The average Bonchev–Trinajstić information content (AvgIpc) is 2.50. The molecule has 1 amide bonds. The van der Waals surface area contributed by atoms with E-state index in [9.17, 15) is 9.59 Å². The van der Waals surface area contributed by atoms with E-state index in [0.29, 0.717) is 24.5 Å². The molecule has 6 nitrogen and oxygen atoms in total. The lowest BCUT2D eigenvalue weighted by Crippen LogP contribution is -2.36. The lowest BCUT2D eigenvalue weighted by atomic mass is 10.1. The van der Waals surface area contributed by atoms with E-state index in [0.717, 1.165) is 5.69 Å². The molecular weight excluding hydrogens is 284 g/mol. The van der Waals surface area contributed by atoms with Gasteiger partial charge >= 0.3 is 5.97 Å². The number of benzene rings is 1. The number of amides is 1. The van der Waals surface area contributed by atoms with Gasteiger partial charge in [-0.05, 0) is 12.1 Å². The van der Waals surface area contributed by atoms with Gasteiger partial charge in [0.05, 0.1) is 18.2 Å². The quantitative estimate of drug-likeness (QED) is 0.828. The topological polar surface area (TPSA) is 70.1 Å². The molecule has 6 heteroatoms. The van der Waals surface area contributed by atoms with E-state index in [1.165, 1.54) is 4.90 Å². The number of aliphatic carboxylic acids is 1. The van der Waals surface area contributed by atoms with Gasteiger partial charge in [-0.15, -0.1) is 6.42 Å². The number of carboxylic acids is 1. The van der Waals surface area contributed by atoms with Gasteiger partial charge in [0.25, 0.3) is 5.91 Å². The Bertz CT molecular complexity index is 636. The number of carbonyl (C=O) groups is 2. The van der Waals surface area contributed by atoms with Crippen molar-refractivity contribution in [2.75, 3.05) is 36.5 Å². The van der Waals surface area contributed by atoms with Crippen LogP contribution in [0.3, 0.4) is 0 Å². The number of nitrogens with zero attached hydrogens (tertiary/aromatic N) is 2. The normalized spacial score (nSPS) is 14.6. The molecule has 0 saturated heterocycles. The zero-order valence-corrected chi connectivity index (χ0v) is 12.6. The third kappa shape index (κ3) is 3.14. The highest BCUT2D eigenvalue weighted by atomic mass is 16.5. The maximum atomic E-state index is 11.6. The second-order valence-corrected chi connectivity index (χ2v) is 5.22. The summed E-state index contributed by atoms with van der Waals surface area (Å²) in [5.74, 6) is 1.59. The molecule has 0 aliphatic carbocycles. The van der Waals surface area contributed by atoms with Crippen LogP contribution in [0.1, 0.15) is 6.92 Å². The van der Waals surface area contributed by atoms with Gasteiger partial charge in [-0.1, -0.05) is 12.8 Å². The zero-order valence-electron chi connectivity index (χ0n) is 12.6. The van der Waals surface area contributed by atoms with Crippen LogP contribution >= 0.6 is 0 Å². The van der Waals surface area contributed by atoms with E-state index in [2.05, 4.69) is 5.92 Å². The first-order valence-electron chi connectivity index (χ1n) is 6.88. The Balaban J connectivity index is 2.28. The summed E-state index contributed by atoms with van der Waals surface area (Å²) in [5, 5.41) is 9.05. The van der Waals surface area contributed by atoms with Crippen molar-refractivity contribution in [3.05, 3.63) is 18.2 Å². The summed E-state index contributed by atoms with van der Waals surface area (Å²) in [6.07, 6.45) is 5.37. The van der Waals surface area contributed by atoms with Crippen LogP contribution in [-0.4, -0.2) is 43.7 Å². The van der Waals surface area contributed by atoms with Crippen molar-refractivity contribution in [3.8, 4) is 18.1 Å². The largest absolute Gasteiger partial charge is 0.481 e. The number of likely N-dealkylation sites (N-methyl/N-ethyl adjacent to an activating group) is 1. The minimum absolute atomic E-state index is 0.00633. The highest BCUT2D eigenvalue weighted by molar-refractivity contribution is 5.97. The van der Waals surface area contributed by atoms with Crippen LogP contribution in [0.2, 0.25) is 0 Å². The number of anilines is 2. The van der Waals surface area contributed by atoms with Gasteiger partial charge in [0.2, 0.25) is 0 Å². The van der Waals surface area contributed by atoms with E-state index >= 15 is 0 Å². The first kappa shape index (κ1) is 15.7. The van der Waals surface area contributed by atoms with Gasteiger partial charge in [-0.3, -0.25) is 9.59 Å². The molecule has 1 aromatic carbocycles. The van der Waals surface area contributed by atoms with Crippen LogP contribution < -0.4 is 14.5 Å². The Kier molecular flexibility index (Phi) is 4.56. The predicted octanol–water partition coefficient (Wildman–Crippen LogP) is 1.20. The molecule has 0 bridgehead atoms. The monoisotopic (exact) mass is 302 g/mol. The molecule has 0 aromatic heterocycles. The van der Waals surface area contributed by atoms with Crippen molar-refractivity contribution in [1.82, 2.24) is 0 Å². The first-order chi connectivity index (χ1) is 10.4. The number of hydrogen-bond donors (Lipinski definition) is 1. The zero-order chi connectivity index (χ0) is 16.3. The molecule has 22 heavy (non-hydrogen) atoms. The standard InChI is InChI=1S/C16H18N2O4/c1-4-7-18(9-11(2)16(20)21)12-5-6-13-14(8-12)22-10-15(19)17(13)3/h1,5-6,8,11H,7,9-10H2,2-3H3,(H,20,21). The Labute approximate surface area is 129 Å². The molecular formula is C16H18N2O4. The van der Waals surface area contributed by atoms with Crippen LogP contribution in [0.4, 0.5) is 11.4 Å². The maximum absolute atomic E-state index is 11.6. The summed E-state index contributed by atoms with van der Waals surface area (Å²) in [6, 6.07) is 5.37. The summed E-state index contributed by atoms with van der Waals surface area (Å²) in [4.78, 5) is 26.0. The lowest BCUT2D eigenvalue weighted by Gasteiger charge is -2.29. The summed E-state index contributed by atoms with van der Waals surface area (Å²) < 4.78 is 5.44. The molecule has 1 aromatic rings. The number of ether oxygens (including phenoxy) is 1. The van der Waals surface area contributed by atoms with Gasteiger partial charge in [-0.25, -0.2) is 0 Å². The fourth-order valence-corrected chi connectivity index (χ4v) is 2.24. The molecule has 2 rings (SSSR count). The molecule has 1 atom stereocenters. The first-order valence-corrected chi connectivity index (χ1v) is 6.88. The molecule has 0 radical (unpaired) electrons. The van der Waals surface area contributed by atoms with Crippen LogP contribution in [0.5, 0.6) is 5.75 Å². The van der Waals surface area contributed by atoms with Crippen molar-refractivity contribution in [2.45, 2.75) is 6.92 Å². The van der Waals surface area contributed by atoms with Gasteiger partial charge in [0.15, 0.2) is 6.61 Å². The smallest absolute Gasteiger partial charge is 0.308 e. The van der Waals surface area contributed by atoms with Crippen molar-refractivity contribution in [2.24, 2.45) is 5.92 Å². The maximum Gasteiger partial charge on any atom is 0.308 e.